The summed E-state index contributed by atoms with van der Waals surface area (Å²) in [6, 6.07) is 20.4. The highest BCUT2D eigenvalue weighted by atomic mass is 16.7. The first-order valence-electron chi connectivity index (χ1n) is 13.0. The zero-order chi connectivity index (χ0) is 25.9. The normalized spacial score (nSPS) is 14.3. The van der Waals surface area contributed by atoms with Gasteiger partial charge in [0, 0.05) is 56.1 Å². The second-order valence-electron chi connectivity index (χ2n) is 9.34. The maximum absolute atomic E-state index is 6.24. The Balaban J connectivity index is 1.27. The molecule has 0 saturated carbocycles. The Kier molecular flexibility index (Phi) is 6.76. The molecule has 0 unspecified atom stereocenters. The third kappa shape index (κ3) is 5.11. The monoisotopic (exact) mass is 509 g/mol. The van der Waals surface area contributed by atoms with Crippen LogP contribution in [0.5, 0.6) is 5.75 Å². The number of ether oxygens (including phenoxy) is 1. The van der Waals surface area contributed by atoms with Crippen LogP contribution < -0.4 is 9.64 Å². The van der Waals surface area contributed by atoms with E-state index >= 15 is 0 Å². The molecule has 9 heteroatoms. The fraction of sp³-hybridized carbons (Fsp3) is 0.276. The summed E-state index contributed by atoms with van der Waals surface area (Å²) in [4.78, 5) is 21.1. The molecule has 2 aromatic carbocycles. The topological polar surface area (TPSA) is 84.3 Å². The molecule has 9 nitrogen and oxygen atoms in total. The number of fused-ring (bicyclic) bond motifs is 1. The molecule has 1 saturated heterocycles. The van der Waals surface area contributed by atoms with Crippen LogP contribution in [-0.4, -0.2) is 62.6 Å². The van der Waals surface area contributed by atoms with E-state index in [-0.39, 0.29) is 0 Å². The fourth-order valence-corrected chi connectivity index (χ4v) is 4.75. The summed E-state index contributed by atoms with van der Waals surface area (Å²) in [5.74, 6) is 2.52. The summed E-state index contributed by atoms with van der Waals surface area (Å²) in [5.41, 5.74) is 5.64. The number of hydrogen-bond acceptors (Lipinski definition) is 7. The lowest BCUT2D eigenvalue weighted by Crippen LogP contribution is -2.46. The van der Waals surface area contributed by atoms with Crippen LogP contribution in [0.25, 0.3) is 33.7 Å². The van der Waals surface area contributed by atoms with Gasteiger partial charge in [0.15, 0.2) is 5.65 Å². The van der Waals surface area contributed by atoms with Gasteiger partial charge in [-0.15, -0.1) is 0 Å². The van der Waals surface area contributed by atoms with Crippen LogP contribution in [0.15, 0.2) is 73.1 Å². The average molecular weight is 510 g/mol. The number of piperazine rings is 1. The van der Waals surface area contributed by atoms with Gasteiger partial charge in [-0.25, -0.2) is 9.97 Å². The average Bonchev–Trinajstić information content (AvgIpc) is 3.59. The Bertz CT molecular complexity index is 1520. The fourth-order valence-electron chi connectivity index (χ4n) is 4.75. The second kappa shape index (κ2) is 10.6. The van der Waals surface area contributed by atoms with Crippen molar-refractivity contribution < 1.29 is 9.57 Å². The zero-order valence-electron chi connectivity index (χ0n) is 21.7. The summed E-state index contributed by atoms with van der Waals surface area (Å²) in [6.45, 7) is 6.67. The number of pyridine rings is 1. The van der Waals surface area contributed by atoms with Gasteiger partial charge in [0.05, 0.1) is 12.8 Å². The van der Waals surface area contributed by atoms with Crippen molar-refractivity contribution in [3.63, 3.8) is 0 Å². The van der Waals surface area contributed by atoms with Crippen LogP contribution in [0.2, 0.25) is 0 Å². The van der Waals surface area contributed by atoms with Crippen molar-refractivity contribution in [2.45, 2.75) is 13.5 Å². The number of aromatic nitrogens is 5. The first-order valence-corrected chi connectivity index (χ1v) is 13.0. The maximum Gasteiger partial charge on any atom is 0.160 e. The molecule has 1 aliphatic heterocycles. The number of hydrogen-bond donors (Lipinski definition) is 1. The first-order chi connectivity index (χ1) is 18.7. The molecule has 0 bridgehead atoms. The smallest absolute Gasteiger partial charge is 0.160 e. The van der Waals surface area contributed by atoms with E-state index in [2.05, 4.69) is 33.2 Å². The minimum atomic E-state index is 0.490. The SMILES string of the molecule is CCON1CCN(c2ccc3nc(-c4ccc(OCc5ccccc5)c(-c5cnn(C)c5)c4)[nH]c3n2)CC1. The van der Waals surface area contributed by atoms with Crippen LogP contribution >= 0.6 is 0 Å². The van der Waals surface area contributed by atoms with Crippen molar-refractivity contribution in [3.8, 4) is 28.3 Å². The molecule has 6 rings (SSSR count). The zero-order valence-corrected chi connectivity index (χ0v) is 21.7. The van der Waals surface area contributed by atoms with E-state index in [1.807, 2.05) is 73.9 Å². The highest BCUT2D eigenvalue weighted by molar-refractivity contribution is 5.80. The largest absolute Gasteiger partial charge is 0.488 e. The predicted molar refractivity (Wildman–Crippen MR) is 148 cm³/mol. The molecular formula is C29H31N7O2. The van der Waals surface area contributed by atoms with E-state index in [0.29, 0.717) is 13.2 Å². The quantitative estimate of drug-likeness (QED) is 0.325. The Labute approximate surface area is 221 Å². The van der Waals surface area contributed by atoms with E-state index in [0.717, 1.165) is 77.0 Å². The number of anilines is 1. The molecule has 38 heavy (non-hydrogen) atoms. The molecule has 0 amide bonds. The molecule has 3 aromatic heterocycles. The molecule has 0 atom stereocenters. The van der Waals surface area contributed by atoms with Crippen LogP contribution in [0.1, 0.15) is 12.5 Å². The standard InChI is InChI=1S/C29H31N7O2/c1-3-38-36-15-13-35(14-16-36)27-12-10-25-29(32-27)33-28(31-25)22-9-11-26(37-20-21-7-5-4-6-8-21)24(17-22)23-18-30-34(2)19-23/h4-12,17-19H,3,13-16,20H2,1-2H3,(H,31,32,33). The number of aryl methyl sites for hydroxylation is 1. The number of nitrogens with zero attached hydrogens (tertiary/aromatic N) is 6. The molecule has 0 spiro atoms. The van der Waals surface area contributed by atoms with E-state index in [4.69, 9.17) is 19.5 Å². The van der Waals surface area contributed by atoms with Crippen molar-refractivity contribution >= 4 is 17.0 Å². The van der Waals surface area contributed by atoms with Crippen LogP contribution in [0, 0.1) is 0 Å². The summed E-state index contributed by atoms with van der Waals surface area (Å²) >= 11 is 0. The number of benzene rings is 2. The van der Waals surface area contributed by atoms with Gasteiger partial charge in [-0.05, 0) is 42.8 Å². The molecular weight excluding hydrogens is 478 g/mol. The molecule has 5 aromatic rings. The molecule has 4 heterocycles. The highest BCUT2D eigenvalue weighted by Gasteiger charge is 2.19. The molecule has 1 fully saturated rings. The van der Waals surface area contributed by atoms with Gasteiger partial charge in [-0.2, -0.15) is 10.2 Å². The minimum absolute atomic E-state index is 0.490. The number of imidazole rings is 1. The van der Waals surface area contributed by atoms with Crippen molar-refractivity contribution in [1.29, 1.82) is 0 Å². The first kappa shape index (κ1) is 24.1. The van der Waals surface area contributed by atoms with Crippen molar-refractivity contribution in [1.82, 2.24) is 29.8 Å². The number of hydroxylamine groups is 2. The summed E-state index contributed by atoms with van der Waals surface area (Å²) < 4.78 is 8.04. The van der Waals surface area contributed by atoms with E-state index in [1.54, 1.807) is 4.68 Å². The number of rotatable bonds is 8. The van der Waals surface area contributed by atoms with Gasteiger partial charge < -0.3 is 14.6 Å². The maximum atomic E-state index is 6.24. The van der Waals surface area contributed by atoms with Crippen molar-refractivity contribution in [2.24, 2.45) is 7.05 Å². The van der Waals surface area contributed by atoms with Gasteiger partial charge in [0.1, 0.15) is 29.5 Å². The summed E-state index contributed by atoms with van der Waals surface area (Å²) in [6.07, 6.45) is 3.85. The minimum Gasteiger partial charge on any atom is -0.488 e. The Morgan fingerprint density at radius 1 is 0.921 bits per heavy atom. The number of nitrogens with one attached hydrogen (secondary N) is 1. The predicted octanol–water partition coefficient (Wildman–Crippen LogP) is 4.68. The molecule has 194 valence electrons. The second-order valence-corrected chi connectivity index (χ2v) is 9.34. The molecule has 1 aliphatic rings. The van der Waals surface area contributed by atoms with Crippen molar-refractivity contribution in [3.05, 3.63) is 78.6 Å². The van der Waals surface area contributed by atoms with Crippen LogP contribution in [-0.2, 0) is 18.5 Å². The Hall–Kier alpha value is -4.21. The van der Waals surface area contributed by atoms with Gasteiger partial charge >= 0.3 is 0 Å². The van der Waals surface area contributed by atoms with Gasteiger partial charge in [0.2, 0.25) is 0 Å². The molecule has 0 aliphatic carbocycles. The van der Waals surface area contributed by atoms with Crippen LogP contribution in [0.3, 0.4) is 0 Å². The van der Waals surface area contributed by atoms with Gasteiger partial charge in [-0.1, -0.05) is 30.3 Å². The highest BCUT2D eigenvalue weighted by Crippen LogP contribution is 2.34. The van der Waals surface area contributed by atoms with E-state index < -0.39 is 0 Å². The number of aromatic amines is 1. The molecule has 1 N–H and O–H groups in total. The van der Waals surface area contributed by atoms with Gasteiger partial charge in [-0.3, -0.25) is 9.52 Å². The van der Waals surface area contributed by atoms with Crippen LogP contribution in [0.4, 0.5) is 5.82 Å². The summed E-state index contributed by atoms with van der Waals surface area (Å²) in [7, 11) is 1.91. The summed E-state index contributed by atoms with van der Waals surface area (Å²) in [5, 5.41) is 6.39. The van der Waals surface area contributed by atoms with E-state index in [9.17, 15) is 0 Å². The Morgan fingerprint density at radius 2 is 1.76 bits per heavy atom. The lowest BCUT2D eigenvalue weighted by molar-refractivity contribution is -0.156. The third-order valence-corrected chi connectivity index (χ3v) is 6.71. The van der Waals surface area contributed by atoms with Crippen molar-refractivity contribution in [2.75, 3.05) is 37.7 Å². The number of H-pyrrole nitrogens is 1. The lowest BCUT2D eigenvalue weighted by Gasteiger charge is -2.34. The van der Waals surface area contributed by atoms with E-state index in [1.165, 1.54) is 0 Å². The lowest BCUT2D eigenvalue weighted by atomic mass is 10.0. The van der Waals surface area contributed by atoms with Gasteiger partial charge in [0.25, 0.3) is 0 Å². The molecule has 0 radical (unpaired) electrons. The Morgan fingerprint density at radius 3 is 2.53 bits per heavy atom. The third-order valence-electron chi connectivity index (χ3n) is 6.71.